The quantitative estimate of drug-likeness (QED) is 0.788. The fraction of sp³-hybridized carbons (Fsp3) is 0.692. The highest BCUT2D eigenvalue weighted by Crippen LogP contribution is 2.13. The van der Waals surface area contributed by atoms with Gasteiger partial charge in [-0.15, -0.1) is 11.3 Å². The normalized spacial score (nSPS) is 11.9. The number of rotatable bonds is 7. The highest BCUT2D eigenvalue weighted by Gasteiger charge is 2.10. The molecule has 1 heterocycles. The minimum Gasteiger partial charge on any atom is -0.313 e. The summed E-state index contributed by atoms with van der Waals surface area (Å²) in [6.45, 7) is 12.2. The van der Waals surface area contributed by atoms with E-state index in [4.69, 9.17) is 0 Å². The van der Waals surface area contributed by atoms with Crippen molar-refractivity contribution >= 4 is 11.3 Å². The minimum absolute atomic E-state index is 0.579. The van der Waals surface area contributed by atoms with Crippen molar-refractivity contribution in [2.24, 2.45) is 0 Å². The maximum atomic E-state index is 3.47. The van der Waals surface area contributed by atoms with Crippen molar-refractivity contribution in [1.82, 2.24) is 10.2 Å². The Hall–Kier alpha value is -0.380. The molecule has 1 aromatic rings. The topological polar surface area (TPSA) is 15.3 Å². The van der Waals surface area contributed by atoms with Crippen molar-refractivity contribution < 1.29 is 0 Å². The van der Waals surface area contributed by atoms with E-state index < -0.39 is 0 Å². The Kier molecular flexibility index (Phi) is 6.03. The predicted molar refractivity (Wildman–Crippen MR) is 73.0 cm³/mol. The molecule has 0 saturated heterocycles. The van der Waals surface area contributed by atoms with E-state index >= 15 is 0 Å². The Balaban J connectivity index is 2.36. The van der Waals surface area contributed by atoms with Gasteiger partial charge in [0.15, 0.2) is 0 Å². The first-order valence-corrected chi connectivity index (χ1v) is 6.97. The van der Waals surface area contributed by atoms with E-state index in [1.807, 2.05) is 11.3 Å². The number of thiophene rings is 1. The Bertz CT molecular complexity index is 267. The molecule has 0 aromatic carbocycles. The monoisotopic (exact) mass is 240 g/mol. The predicted octanol–water partition coefficient (Wildman–Crippen LogP) is 2.96. The molecule has 0 amide bonds. The summed E-state index contributed by atoms with van der Waals surface area (Å²) in [6, 6.07) is 5.53. The van der Waals surface area contributed by atoms with Crippen LogP contribution >= 0.6 is 11.3 Å². The van der Waals surface area contributed by atoms with Gasteiger partial charge in [0.25, 0.3) is 0 Å². The Morgan fingerprint density at radius 3 is 2.56 bits per heavy atom. The van der Waals surface area contributed by atoms with Crippen LogP contribution in [0.5, 0.6) is 0 Å². The molecular formula is C13H24N2S. The zero-order chi connectivity index (χ0) is 12.0. The molecule has 0 atom stereocenters. The molecule has 2 nitrogen and oxygen atoms in total. The van der Waals surface area contributed by atoms with Crippen LogP contribution in [0.25, 0.3) is 0 Å². The molecule has 3 heteroatoms. The third-order valence-corrected chi connectivity index (χ3v) is 3.48. The molecule has 0 saturated carbocycles. The lowest BCUT2D eigenvalue weighted by Crippen LogP contribution is -2.38. The Labute approximate surface area is 104 Å². The van der Waals surface area contributed by atoms with Gasteiger partial charge in [0, 0.05) is 36.6 Å². The molecule has 0 unspecified atom stereocenters. The van der Waals surface area contributed by atoms with Crippen LogP contribution in [0, 0.1) is 0 Å². The molecule has 1 aromatic heterocycles. The molecule has 1 N–H and O–H groups in total. The molecule has 92 valence electrons. The van der Waals surface area contributed by atoms with E-state index in [9.17, 15) is 0 Å². The van der Waals surface area contributed by atoms with Crippen LogP contribution in [0.3, 0.4) is 0 Å². The maximum Gasteiger partial charge on any atom is 0.0331 e. The molecule has 16 heavy (non-hydrogen) atoms. The van der Waals surface area contributed by atoms with Gasteiger partial charge in [-0.05, 0) is 25.3 Å². The molecule has 1 rings (SSSR count). The summed E-state index contributed by atoms with van der Waals surface area (Å²) in [7, 11) is 0. The number of hydrogen-bond acceptors (Lipinski definition) is 3. The highest BCUT2D eigenvalue weighted by molar-refractivity contribution is 7.09. The standard InChI is InChI=1S/C13H24N2S/c1-11(2)14-7-8-15(12(3)4)10-13-6-5-9-16-13/h5-6,9,11-12,14H,7-8,10H2,1-4H3. The number of hydrogen-bond donors (Lipinski definition) is 1. The maximum absolute atomic E-state index is 3.47. The van der Waals surface area contributed by atoms with Crippen molar-refractivity contribution in [2.75, 3.05) is 13.1 Å². The fourth-order valence-electron chi connectivity index (χ4n) is 1.62. The highest BCUT2D eigenvalue weighted by atomic mass is 32.1. The zero-order valence-electron chi connectivity index (χ0n) is 10.9. The molecule has 0 radical (unpaired) electrons. The summed E-state index contributed by atoms with van der Waals surface area (Å²) >= 11 is 1.85. The summed E-state index contributed by atoms with van der Waals surface area (Å²) in [5.41, 5.74) is 0. The van der Waals surface area contributed by atoms with Crippen LogP contribution in [-0.4, -0.2) is 30.1 Å². The molecule has 0 bridgehead atoms. The average molecular weight is 240 g/mol. The van der Waals surface area contributed by atoms with Crippen molar-refractivity contribution in [3.63, 3.8) is 0 Å². The van der Waals surface area contributed by atoms with Gasteiger partial charge in [-0.3, -0.25) is 4.90 Å². The second-order valence-corrected chi connectivity index (χ2v) is 5.78. The average Bonchev–Trinajstić information content (AvgIpc) is 2.68. The van der Waals surface area contributed by atoms with E-state index in [-0.39, 0.29) is 0 Å². The summed E-state index contributed by atoms with van der Waals surface area (Å²) in [5.74, 6) is 0. The van der Waals surface area contributed by atoms with Gasteiger partial charge in [-0.25, -0.2) is 0 Å². The molecule has 0 aliphatic carbocycles. The zero-order valence-corrected chi connectivity index (χ0v) is 11.7. The fourth-order valence-corrected chi connectivity index (χ4v) is 2.35. The van der Waals surface area contributed by atoms with E-state index in [1.165, 1.54) is 4.88 Å². The van der Waals surface area contributed by atoms with Gasteiger partial charge in [0.1, 0.15) is 0 Å². The van der Waals surface area contributed by atoms with Crippen LogP contribution in [0.1, 0.15) is 32.6 Å². The van der Waals surface area contributed by atoms with Crippen LogP contribution in [0.15, 0.2) is 17.5 Å². The molecular weight excluding hydrogens is 216 g/mol. The molecule has 0 spiro atoms. The Morgan fingerprint density at radius 1 is 1.31 bits per heavy atom. The van der Waals surface area contributed by atoms with Gasteiger partial charge in [0.2, 0.25) is 0 Å². The van der Waals surface area contributed by atoms with Gasteiger partial charge in [-0.1, -0.05) is 19.9 Å². The lowest BCUT2D eigenvalue weighted by molar-refractivity contribution is 0.213. The van der Waals surface area contributed by atoms with Crippen LogP contribution in [0.4, 0.5) is 0 Å². The summed E-state index contributed by atoms with van der Waals surface area (Å²) in [5, 5.41) is 5.63. The van der Waals surface area contributed by atoms with E-state index in [0.717, 1.165) is 19.6 Å². The first-order chi connectivity index (χ1) is 7.59. The molecule has 0 aliphatic heterocycles. The van der Waals surface area contributed by atoms with Crippen molar-refractivity contribution in [1.29, 1.82) is 0 Å². The summed E-state index contributed by atoms with van der Waals surface area (Å²) < 4.78 is 0. The number of nitrogens with zero attached hydrogens (tertiary/aromatic N) is 1. The van der Waals surface area contributed by atoms with Crippen LogP contribution < -0.4 is 5.32 Å². The van der Waals surface area contributed by atoms with Crippen molar-refractivity contribution in [3.8, 4) is 0 Å². The SMILES string of the molecule is CC(C)NCCN(Cc1cccs1)C(C)C. The van der Waals surface area contributed by atoms with Crippen LogP contribution in [0.2, 0.25) is 0 Å². The Morgan fingerprint density at radius 2 is 2.06 bits per heavy atom. The third-order valence-electron chi connectivity index (χ3n) is 2.62. The van der Waals surface area contributed by atoms with Crippen molar-refractivity contribution in [2.45, 2.75) is 46.3 Å². The van der Waals surface area contributed by atoms with Gasteiger partial charge in [0.05, 0.1) is 0 Å². The smallest absolute Gasteiger partial charge is 0.0331 e. The van der Waals surface area contributed by atoms with Crippen molar-refractivity contribution in [3.05, 3.63) is 22.4 Å². The summed E-state index contributed by atoms with van der Waals surface area (Å²) in [4.78, 5) is 3.97. The minimum atomic E-state index is 0.579. The van der Waals surface area contributed by atoms with Gasteiger partial charge in [-0.2, -0.15) is 0 Å². The van der Waals surface area contributed by atoms with Crippen LogP contribution in [-0.2, 0) is 6.54 Å². The summed E-state index contributed by atoms with van der Waals surface area (Å²) in [6.07, 6.45) is 0. The van der Waals surface area contributed by atoms with E-state index in [0.29, 0.717) is 12.1 Å². The van der Waals surface area contributed by atoms with E-state index in [1.54, 1.807) is 0 Å². The first kappa shape index (κ1) is 13.7. The van der Waals surface area contributed by atoms with E-state index in [2.05, 4.69) is 55.4 Å². The lowest BCUT2D eigenvalue weighted by atomic mass is 10.3. The third kappa shape index (κ3) is 5.10. The molecule has 0 fully saturated rings. The second-order valence-electron chi connectivity index (χ2n) is 4.75. The van der Waals surface area contributed by atoms with Gasteiger partial charge >= 0.3 is 0 Å². The largest absolute Gasteiger partial charge is 0.313 e. The number of nitrogens with one attached hydrogen (secondary N) is 1. The molecule has 0 aliphatic rings. The lowest BCUT2D eigenvalue weighted by Gasteiger charge is -2.26. The van der Waals surface area contributed by atoms with Gasteiger partial charge < -0.3 is 5.32 Å². The first-order valence-electron chi connectivity index (χ1n) is 6.09. The second kappa shape index (κ2) is 7.05.